The maximum Gasteiger partial charge on any atom is 0.286 e. The molecule has 3 rings (SSSR count). The maximum absolute atomic E-state index is 11.8. The Balaban J connectivity index is 1.98. The van der Waals surface area contributed by atoms with Crippen LogP contribution in [0.5, 0.6) is 0 Å². The number of carbonyl (C=O) groups is 1. The molecule has 0 N–H and O–H groups in total. The van der Waals surface area contributed by atoms with Crippen molar-refractivity contribution in [1.29, 1.82) is 0 Å². The lowest BCUT2D eigenvalue weighted by atomic mass is 10.2. The van der Waals surface area contributed by atoms with E-state index in [-0.39, 0.29) is 12.5 Å². The van der Waals surface area contributed by atoms with E-state index >= 15 is 0 Å². The van der Waals surface area contributed by atoms with Crippen LogP contribution in [0.25, 0.3) is 0 Å². The average Bonchev–Trinajstić information content (AvgIpc) is 2.49. The van der Waals surface area contributed by atoms with Crippen molar-refractivity contribution in [3.8, 4) is 0 Å². The van der Waals surface area contributed by atoms with Crippen molar-refractivity contribution in [2.24, 2.45) is 5.10 Å². The van der Waals surface area contributed by atoms with Gasteiger partial charge in [-0.15, -0.1) is 5.10 Å². The lowest BCUT2D eigenvalue weighted by Crippen LogP contribution is -2.37. The molecule has 0 unspecified atom stereocenters. The van der Waals surface area contributed by atoms with Gasteiger partial charge in [-0.05, 0) is 24.3 Å². The summed E-state index contributed by atoms with van der Waals surface area (Å²) in [7, 11) is 0. The topological polar surface area (TPSA) is 54.8 Å². The highest BCUT2D eigenvalue weighted by molar-refractivity contribution is 6.03. The Labute approximate surface area is 110 Å². The van der Waals surface area contributed by atoms with Crippen LogP contribution in [0.3, 0.4) is 0 Å². The number of rotatable bonds is 2. The molecule has 1 aromatic heterocycles. The molecule has 19 heavy (non-hydrogen) atoms. The summed E-state index contributed by atoms with van der Waals surface area (Å²) in [6, 6.07) is 14.8. The Bertz CT molecular complexity index is 611. The van der Waals surface area contributed by atoms with Crippen molar-refractivity contribution in [2.75, 3.05) is 11.6 Å². The molecule has 1 aromatic carbocycles. The minimum Gasteiger partial charge on any atom is -0.466 e. The van der Waals surface area contributed by atoms with Crippen LogP contribution in [0.2, 0.25) is 0 Å². The van der Waals surface area contributed by atoms with E-state index in [0.717, 1.165) is 5.56 Å². The Morgan fingerprint density at radius 3 is 2.58 bits per heavy atom. The van der Waals surface area contributed by atoms with Crippen molar-refractivity contribution < 1.29 is 9.53 Å². The zero-order valence-electron chi connectivity index (χ0n) is 10.1. The zero-order valence-corrected chi connectivity index (χ0v) is 10.1. The third-order valence-electron chi connectivity index (χ3n) is 2.65. The van der Waals surface area contributed by atoms with Crippen LogP contribution < -0.4 is 5.01 Å². The Morgan fingerprint density at radius 2 is 1.84 bits per heavy atom. The normalized spacial score (nSPS) is 14.8. The number of carbonyl (C=O) groups excluding carboxylic acids is 1. The van der Waals surface area contributed by atoms with E-state index in [9.17, 15) is 4.79 Å². The molecule has 1 amide bonds. The van der Waals surface area contributed by atoms with Crippen LogP contribution in [0.1, 0.15) is 5.56 Å². The fourth-order valence-electron chi connectivity index (χ4n) is 1.75. The lowest BCUT2D eigenvalue weighted by molar-refractivity contribution is -0.121. The lowest BCUT2D eigenvalue weighted by Gasteiger charge is -2.22. The fraction of sp³-hybridized carbons (Fsp3) is 0.0714. The van der Waals surface area contributed by atoms with Crippen LogP contribution in [0.4, 0.5) is 5.82 Å². The molecule has 0 saturated heterocycles. The van der Waals surface area contributed by atoms with Crippen molar-refractivity contribution >= 4 is 17.6 Å². The molecule has 94 valence electrons. The first-order valence-corrected chi connectivity index (χ1v) is 5.85. The SMILES string of the molecule is O=C1COC(c2ccccc2)=NN1c1ccccn1. The second-order valence-corrected chi connectivity index (χ2v) is 3.95. The number of amides is 1. The van der Waals surface area contributed by atoms with Gasteiger partial charge in [-0.25, -0.2) is 4.98 Å². The number of aromatic nitrogens is 1. The number of anilines is 1. The number of pyridine rings is 1. The third kappa shape index (κ3) is 2.30. The van der Waals surface area contributed by atoms with Gasteiger partial charge in [0.05, 0.1) is 0 Å². The Morgan fingerprint density at radius 1 is 1.05 bits per heavy atom. The molecule has 2 heterocycles. The molecule has 5 heteroatoms. The van der Waals surface area contributed by atoms with Gasteiger partial charge in [0.25, 0.3) is 5.91 Å². The van der Waals surface area contributed by atoms with Gasteiger partial charge in [0.1, 0.15) is 0 Å². The van der Waals surface area contributed by atoms with Crippen LogP contribution >= 0.6 is 0 Å². The van der Waals surface area contributed by atoms with Gasteiger partial charge in [-0.2, -0.15) is 5.01 Å². The van der Waals surface area contributed by atoms with Crippen LogP contribution in [0.15, 0.2) is 59.8 Å². The largest absolute Gasteiger partial charge is 0.466 e. The summed E-state index contributed by atoms with van der Waals surface area (Å²) < 4.78 is 5.36. The third-order valence-corrected chi connectivity index (χ3v) is 2.65. The molecule has 0 spiro atoms. The quantitative estimate of drug-likeness (QED) is 0.820. The standard InChI is InChI=1S/C14H11N3O2/c18-13-10-19-14(11-6-2-1-3-7-11)16-17(13)12-8-4-5-9-15-12/h1-9H,10H2. The van der Waals surface area contributed by atoms with Gasteiger partial charge >= 0.3 is 0 Å². The number of benzene rings is 1. The molecule has 1 aliphatic rings. The van der Waals surface area contributed by atoms with E-state index in [4.69, 9.17) is 4.74 Å². The highest BCUT2D eigenvalue weighted by atomic mass is 16.5. The zero-order chi connectivity index (χ0) is 13.1. The molecule has 0 bridgehead atoms. The maximum atomic E-state index is 11.8. The van der Waals surface area contributed by atoms with Crippen molar-refractivity contribution in [1.82, 2.24) is 4.98 Å². The molecule has 0 saturated carbocycles. The minimum atomic E-state index is -0.238. The second kappa shape index (κ2) is 4.89. The van der Waals surface area contributed by atoms with Gasteiger partial charge in [0, 0.05) is 11.8 Å². The number of hydrazone groups is 1. The van der Waals surface area contributed by atoms with Crippen molar-refractivity contribution in [3.05, 3.63) is 60.3 Å². The summed E-state index contributed by atoms with van der Waals surface area (Å²) >= 11 is 0. The van der Waals surface area contributed by atoms with Gasteiger partial charge in [0.15, 0.2) is 12.4 Å². The predicted molar refractivity (Wildman–Crippen MR) is 70.7 cm³/mol. The van der Waals surface area contributed by atoms with Crippen LogP contribution in [-0.2, 0) is 9.53 Å². The molecule has 0 aliphatic carbocycles. The smallest absolute Gasteiger partial charge is 0.286 e. The first kappa shape index (κ1) is 11.4. The molecule has 0 radical (unpaired) electrons. The summed E-state index contributed by atoms with van der Waals surface area (Å²) in [6.45, 7) is -0.0374. The van der Waals surface area contributed by atoms with Crippen LogP contribution in [0, 0.1) is 0 Å². The summed E-state index contributed by atoms with van der Waals surface area (Å²) in [6.07, 6.45) is 1.62. The summed E-state index contributed by atoms with van der Waals surface area (Å²) in [5.41, 5.74) is 0.830. The van der Waals surface area contributed by atoms with E-state index < -0.39 is 0 Å². The Hall–Kier alpha value is -2.69. The highest BCUT2D eigenvalue weighted by Crippen LogP contribution is 2.16. The van der Waals surface area contributed by atoms with Gasteiger partial charge in [-0.3, -0.25) is 4.79 Å². The summed E-state index contributed by atoms with van der Waals surface area (Å²) in [5.74, 6) is 0.675. The first-order valence-electron chi connectivity index (χ1n) is 5.85. The predicted octanol–water partition coefficient (Wildman–Crippen LogP) is 1.81. The van der Waals surface area contributed by atoms with Gasteiger partial charge in [-0.1, -0.05) is 24.3 Å². The molecular weight excluding hydrogens is 242 g/mol. The van der Waals surface area contributed by atoms with E-state index in [0.29, 0.717) is 11.7 Å². The number of ether oxygens (including phenoxy) is 1. The van der Waals surface area contributed by atoms with Crippen molar-refractivity contribution in [2.45, 2.75) is 0 Å². The van der Waals surface area contributed by atoms with Crippen LogP contribution in [-0.4, -0.2) is 23.4 Å². The summed E-state index contributed by atoms with van der Waals surface area (Å²) in [5, 5.41) is 5.49. The second-order valence-electron chi connectivity index (χ2n) is 3.95. The summed E-state index contributed by atoms with van der Waals surface area (Å²) in [4.78, 5) is 15.9. The first-order chi connectivity index (χ1) is 9.34. The number of hydrogen-bond donors (Lipinski definition) is 0. The minimum absolute atomic E-state index is 0.0374. The van der Waals surface area contributed by atoms with E-state index in [1.54, 1.807) is 18.3 Å². The molecule has 2 aromatic rings. The molecule has 0 atom stereocenters. The van der Waals surface area contributed by atoms with E-state index in [1.165, 1.54) is 5.01 Å². The molecule has 5 nitrogen and oxygen atoms in total. The van der Waals surface area contributed by atoms with E-state index in [1.807, 2.05) is 36.4 Å². The molecule has 1 aliphatic heterocycles. The molecule has 0 fully saturated rings. The molecular formula is C14H11N3O2. The monoisotopic (exact) mass is 253 g/mol. The van der Waals surface area contributed by atoms with Gasteiger partial charge < -0.3 is 4.74 Å². The Kier molecular flexibility index (Phi) is 2.94. The highest BCUT2D eigenvalue weighted by Gasteiger charge is 2.24. The van der Waals surface area contributed by atoms with E-state index in [2.05, 4.69) is 10.1 Å². The number of nitrogens with zero attached hydrogens (tertiary/aromatic N) is 3. The number of hydrogen-bond acceptors (Lipinski definition) is 4. The fourth-order valence-corrected chi connectivity index (χ4v) is 1.75. The van der Waals surface area contributed by atoms with Crippen molar-refractivity contribution in [3.63, 3.8) is 0 Å². The van der Waals surface area contributed by atoms with Gasteiger partial charge in [0.2, 0.25) is 5.90 Å². The average molecular weight is 253 g/mol.